The van der Waals surface area contributed by atoms with Crippen LogP contribution in [-0.2, 0) is 0 Å². The molecular formula is C13H17N5O. The molecule has 0 spiro atoms. The van der Waals surface area contributed by atoms with Crippen LogP contribution in [0.2, 0.25) is 0 Å². The van der Waals surface area contributed by atoms with Gasteiger partial charge in [-0.05, 0) is 31.2 Å². The summed E-state index contributed by atoms with van der Waals surface area (Å²) in [7, 11) is 1.78. The first kappa shape index (κ1) is 12.9. The molecule has 19 heavy (non-hydrogen) atoms. The van der Waals surface area contributed by atoms with Crippen LogP contribution in [0.5, 0.6) is 5.75 Å². The normalized spacial score (nSPS) is 10.0. The van der Waals surface area contributed by atoms with Crippen LogP contribution in [0.1, 0.15) is 6.92 Å². The van der Waals surface area contributed by atoms with E-state index in [0.717, 1.165) is 11.4 Å². The topological polar surface area (TPSA) is 85.1 Å². The molecule has 4 N–H and O–H groups in total. The molecule has 1 aromatic carbocycles. The number of aromatic nitrogens is 2. The molecule has 6 heteroatoms. The number of nitrogen functional groups attached to an aromatic ring is 1. The Morgan fingerprint density at radius 3 is 2.47 bits per heavy atom. The van der Waals surface area contributed by atoms with Crippen LogP contribution < -0.4 is 21.1 Å². The molecule has 2 rings (SSSR count). The number of nitrogens with one attached hydrogen (secondary N) is 2. The molecular weight excluding hydrogens is 242 g/mol. The number of ether oxygens (including phenoxy) is 1. The fraction of sp³-hybridized carbons (Fsp3) is 0.231. The molecule has 0 bridgehead atoms. The molecule has 0 amide bonds. The summed E-state index contributed by atoms with van der Waals surface area (Å²) < 4.78 is 5.38. The minimum Gasteiger partial charge on any atom is -0.494 e. The maximum Gasteiger partial charge on any atom is 0.223 e. The Bertz CT molecular complexity index is 541. The standard InChI is InChI=1S/C13H17N5O/c1-3-19-10-6-4-9(5-7-10)16-12-8-11(15-2)17-13(14)18-12/h4-8H,3H2,1-2H3,(H4,14,15,16,17,18). The lowest BCUT2D eigenvalue weighted by atomic mass is 10.3. The molecule has 0 aliphatic carbocycles. The van der Waals surface area contributed by atoms with Crippen molar-refractivity contribution in [3.63, 3.8) is 0 Å². The van der Waals surface area contributed by atoms with Gasteiger partial charge in [0.1, 0.15) is 17.4 Å². The van der Waals surface area contributed by atoms with Gasteiger partial charge >= 0.3 is 0 Å². The summed E-state index contributed by atoms with van der Waals surface area (Å²) in [5, 5.41) is 6.09. The van der Waals surface area contributed by atoms with Gasteiger partial charge in [-0.2, -0.15) is 9.97 Å². The molecule has 0 unspecified atom stereocenters. The average Bonchev–Trinajstić information content (AvgIpc) is 2.40. The lowest BCUT2D eigenvalue weighted by Crippen LogP contribution is -2.03. The minimum absolute atomic E-state index is 0.222. The van der Waals surface area contributed by atoms with E-state index in [9.17, 15) is 0 Å². The number of hydrogen-bond donors (Lipinski definition) is 3. The second-order valence-corrected chi connectivity index (χ2v) is 3.83. The van der Waals surface area contributed by atoms with Crippen LogP contribution in [0.3, 0.4) is 0 Å². The number of hydrogen-bond acceptors (Lipinski definition) is 6. The largest absolute Gasteiger partial charge is 0.494 e. The van der Waals surface area contributed by atoms with Gasteiger partial charge in [-0.1, -0.05) is 0 Å². The van der Waals surface area contributed by atoms with Gasteiger partial charge < -0.3 is 21.1 Å². The van der Waals surface area contributed by atoms with Crippen molar-refractivity contribution in [1.82, 2.24) is 9.97 Å². The van der Waals surface area contributed by atoms with E-state index in [4.69, 9.17) is 10.5 Å². The Balaban J connectivity index is 2.14. The summed E-state index contributed by atoms with van der Waals surface area (Å²) in [6.45, 7) is 2.61. The van der Waals surface area contributed by atoms with Crippen LogP contribution in [-0.4, -0.2) is 23.6 Å². The van der Waals surface area contributed by atoms with Gasteiger partial charge in [0, 0.05) is 18.8 Å². The van der Waals surface area contributed by atoms with E-state index < -0.39 is 0 Å². The van der Waals surface area contributed by atoms with Crippen LogP contribution in [0, 0.1) is 0 Å². The number of anilines is 4. The molecule has 0 aliphatic heterocycles. The number of nitrogens with two attached hydrogens (primary N) is 1. The van der Waals surface area contributed by atoms with E-state index >= 15 is 0 Å². The summed E-state index contributed by atoms with van der Waals surface area (Å²) >= 11 is 0. The highest BCUT2D eigenvalue weighted by molar-refractivity contribution is 5.61. The van der Waals surface area contributed by atoms with Crippen molar-refractivity contribution in [2.75, 3.05) is 30.0 Å². The summed E-state index contributed by atoms with van der Waals surface area (Å²) in [6.07, 6.45) is 0. The lowest BCUT2D eigenvalue weighted by Gasteiger charge is -2.09. The highest BCUT2D eigenvalue weighted by Gasteiger charge is 2.02. The van der Waals surface area contributed by atoms with E-state index in [0.29, 0.717) is 18.2 Å². The van der Waals surface area contributed by atoms with E-state index in [2.05, 4.69) is 20.6 Å². The highest BCUT2D eigenvalue weighted by atomic mass is 16.5. The third-order valence-corrected chi connectivity index (χ3v) is 2.44. The Morgan fingerprint density at radius 1 is 1.16 bits per heavy atom. The Morgan fingerprint density at radius 2 is 1.84 bits per heavy atom. The first-order valence-corrected chi connectivity index (χ1v) is 6.03. The SMILES string of the molecule is CCOc1ccc(Nc2cc(NC)nc(N)n2)cc1. The van der Waals surface area contributed by atoms with Gasteiger partial charge in [-0.3, -0.25) is 0 Å². The van der Waals surface area contributed by atoms with E-state index in [1.807, 2.05) is 31.2 Å². The zero-order valence-electron chi connectivity index (χ0n) is 11.0. The molecule has 2 aromatic rings. The summed E-state index contributed by atoms with van der Waals surface area (Å²) in [5.41, 5.74) is 6.54. The van der Waals surface area contributed by atoms with Crippen LogP contribution >= 0.6 is 0 Å². The second-order valence-electron chi connectivity index (χ2n) is 3.83. The summed E-state index contributed by atoms with van der Waals surface area (Å²) in [4.78, 5) is 8.15. The van der Waals surface area contributed by atoms with Crippen LogP contribution in [0.15, 0.2) is 30.3 Å². The quantitative estimate of drug-likeness (QED) is 0.763. The molecule has 6 nitrogen and oxygen atoms in total. The van der Waals surface area contributed by atoms with Gasteiger partial charge in [0.25, 0.3) is 0 Å². The maximum atomic E-state index is 5.63. The van der Waals surface area contributed by atoms with Gasteiger partial charge in [0.15, 0.2) is 0 Å². The molecule has 0 aliphatic rings. The van der Waals surface area contributed by atoms with Crippen LogP contribution in [0.4, 0.5) is 23.3 Å². The van der Waals surface area contributed by atoms with E-state index in [1.54, 1.807) is 13.1 Å². The summed E-state index contributed by atoms with van der Waals surface area (Å²) in [6, 6.07) is 9.42. The molecule has 0 radical (unpaired) electrons. The molecule has 0 atom stereocenters. The fourth-order valence-electron chi connectivity index (χ4n) is 1.61. The molecule has 100 valence electrons. The zero-order valence-corrected chi connectivity index (χ0v) is 11.0. The lowest BCUT2D eigenvalue weighted by molar-refractivity contribution is 0.340. The molecule has 1 aromatic heterocycles. The van der Waals surface area contributed by atoms with Crippen LogP contribution in [0.25, 0.3) is 0 Å². The first-order chi connectivity index (χ1) is 9.21. The van der Waals surface area contributed by atoms with E-state index in [1.165, 1.54) is 0 Å². The van der Waals surface area contributed by atoms with Crippen molar-refractivity contribution >= 4 is 23.3 Å². The predicted octanol–water partition coefficient (Wildman–Crippen LogP) is 2.24. The molecule has 0 saturated heterocycles. The Labute approximate surface area is 112 Å². The zero-order chi connectivity index (χ0) is 13.7. The van der Waals surface area contributed by atoms with Crippen molar-refractivity contribution in [3.05, 3.63) is 30.3 Å². The molecule has 0 saturated carbocycles. The van der Waals surface area contributed by atoms with Crippen molar-refractivity contribution in [1.29, 1.82) is 0 Å². The average molecular weight is 259 g/mol. The molecule has 1 heterocycles. The highest BCUT2D eigenvalue weighted by Crippen LogP contribution is 2.20. The van der Waals surface area contributed by atoms with Crippen molar-refractivity contribution in [2.45, 2.75) is 6.92 Å². The third kappa shape index (κ3) is 3.48. The monoisotopic (exact) mass is 259 g/mol. The van der Waals surface area contributed by atoms with Crippen molar-refractivity contribution in [3.8, 4) is 5.75 Å². The predicted molar refractivity (Wildman–Crippen MR) is 76.9 cm³/mol. The van der Waals surface area contributed by atoms with Crippen molar-refractivity contribution < 1.29 is 4.74 Å². The van der Waals surface area contributed by atoms with Gasteiger partial charge in [-0.25, -0.2) is 0 Å². The summed E-state index contributed by atoms with van der Waals surface area (Å²) in [5.74, 6) is 2.37. The smallest absolute Gasteiger partial charge is 0.223 e. The van der Waals surface area contributed by atoms with Crippen molar-refractivity contribution in [2.24, 2.45) is 0 Å². The second kappa shape index (κ2) is 5.90. The number of nitrogens with zero attached hydrogens (tertiary/aromatic N) is 2. The van der Waals surface area contributed by atoms with E-state index in [-0.39, 0.29) is 5.95 Å². The number of rotatable bonds is 5. The maximum absolute atomic E-state index is 5.63. The first-order valence-electron chi connectivity index (χ1n) is 6.03. The Hall–Kier alpha value is -2.50. The molecule has 0 fully saturated rings. The van der Waals surface area contributed by atoms with Gasteiger partial charge in [0.2, 0.25) is 5.95 Å². The van der Waals surface area contributed by atoms with Gasteiger partial charge in [0.05, 0.1) is 6.61 Å². The number of benzene rings is 1. The van der Waals surface area contributed by atoms with Gasteiger partial charge in [-0.15, -0.1) is 0 Å². The minimum atomic E-state index is 0.222. The third-order valence-electron chi connectivity index (χ3n) is 2.44. The Kier molecular flexibility index (Phi) is 4.02. The fourth-order valence-corrected chi connectivity index (χ4v) is 1.61.